The summed E-state index contributed by atoms with van der Waals surface area (Å²) < 4.78 is 10.8. The van der Waals surface area contributed by atoms with Gasteiger partial charge < -0.3 is 14.6 Å². The van der Waals surface area contributed by atoms with E-state index in [0.29, 0.717) is 0 Å². The molecule has 1 heterocycles. The highest BCUT2D eigenvalue weighted by Crippen LogP contribution is 2.30. The molecule has 3 heteroatoms. The number of hydrogen-bond acceptors (Lipinski definition) is 3. The Balaban J connectivity index is 2.31. The molecule has 0 amide bonds. The van der Waals surface area contributed by atoms with Crippen LogP contribution in [0.3, 0.4) is 0 Å². The van der Waals surface area contributed by atoms with Crippen LogP contribution in [-0.2, 0) is 15.9 Å². The van der Waals surface area contributed by atoms with Crippen LogP contribution in [0.4, 0.5) is 0 Å². The summed E-state index contributed by atoms with van der Waals surface area (Å²) >= 11 is 0. The Morgan fingerprint density at radius 3 is 3.00 bits per heavy atom. The summed E-state index contributed by atoms with van der Waals surface area (Å²) in [5.74, 6) is 0. The fourth-order valence-electron chi connectivity index (χ4n) is 1.78. The van der Waals surface area contributed by atoms with Crippen molar-refractivity contribution in [2.45, 2.75) is 18.8 Å². The van der Waals surface area contributed by atoms with Crippen molar-refractivity contribution < 1.29 is 14.6 Å². The lowest BCUT2D eigenvalue weighted by Crippen LogP contribution is -2.29. The Hall–Kier alpha value is -0.900. The van der Waals surface area contributed by atoms with Gasteiger partial charge in [-0.3, -0.25) is 0 Å². The number of benzene rings is 1. The summed E-state index contributed by atoms with van der Waals surface area (Å²) in [7, 11) is 1.61. The van der Waals surface area contributed by atoms with Crippen LogP contribution in [0.25, 0.3) is 0 Å². The van der Waals surface area contributed by atoms with Crippen molar-refractivity contribution in [3.63, 3.8) is 0 Å². The summed E-state index contributed by atoms with van der Waals surface area (Å²) in [5, 5.41) is 9.05. The van der Waals surface area contributed by atoms with Gasteiger partial charge in [-0.1, -0.05) is 24.3 Å². The maximum atomic E-state index is 9.05. The minimum Gasteiger partial charge on any atom is -0.394 e. The summed E-state index contributed by atoms with van der Waals surface area (Å²) in [6.45, 7) is 0.0359. The molecule has 1 aliphatic heterocycles. The molecule has 0 fully saturated rings. The molecule has 0 spiro atoms. The average molecular weight is 194 g/mol. The molecule has 0 aromatic heterocycles. The van der Waals surface area contributed by atoms with Gasteiger partial charge in [0.2, 0.25) is 0 Å². The van der Waals surface area contributed by atoms with E-state index in [2.05, 4.69) is 0 Å². The standard InChI is InChI=1S/C11H14O3/c1-13-11-10-5-3-2-4-8(10)6-9(7-12)14-11/h2-5,9,11-12H,6-7H2,1H3. The number of ether oxygens (including phenoxy) is 2. The molecule has 2 unspecified atom stereocenters. The molecule has 0 bridgehead atoms. The van der Waals surface area contributed by atoms with Crippen molar-refractivity contribution in [2.24, 2.45) is 0 Å². The van der Waals surface area contributed by atoms with Crippen LogP contribution in [-0.4, -0.2) is 24.9 Å². The third-order valence-corrected chi connectivity index (χ3v) is 2.49. The Bertz CT molecular complexity index is 311. The van der Waals surface area contributed by atoms with Gasteiger partial charge in [0.15, 0.2) is 6.29 Å². The molecule has 14 heavy (non-hydrogen) atoms. The van der Waals surface area contributed by atoms with E-state index < -0.39 is 0 Å². The fourth-order valence-corrected chi connectivity index (χ4v) is 1.78. The molecule has 1 aliphatic rings. The zero-order chi connectivity index (χ0) is 9.97. The minimum atomic E-state index is -0.336. The number of rotatable bonds is 2. The molecule has 1 N–H and O–H groups in total. The van der Waals surface area contributed by atoms with E-state index in [1.807, 2.05) is 24.3 Å². The molecule has 0 saturated heterocycles. The van der Waals surface area contributed by atoms with Crippen LogP contribution < -0.4 is 0 Å². The van der Waals surface area contributed by atoms with Crippen LogP contribution in [0, 0.1) is 0 Å². The largest absolute Gasteiger partial charge is 0.394 e. The number of methoxy groups -OCH3 is 1. The Morgan fingerprint density at radius 2 is 2.29 bits per heavy atom. The van der Waals surface area contributed by atoms with Crippen LogP contribution in [0.15, 0.2) is 24.3 Å². The predicted octanol–water partition coefficient (Wildman–Crippen LogP) is 1.27. The molecule has 1 aromatic rings. The van der Waals surface area contributed by atoms with Gasteiger partial charge in [0.25, 0.3) is 0 Å². The molecular weight excluding hydrogens is 180 g/mol. The van der Waals surface area contributed by atoms with Crippen LogP contribution in [0.5, 0.6) is 0 Å². The van der Waals surface area contributed by atoms with Crippen LogP contribution in [0.1, 0.15) is 17.4 Å². The van der Waals surface area contributed by atoms with Crippen molar-refractivity contribution in [1.82, 2.24) is 0 Å². The van der Waals surface area contributed by atoms with E-state index in [0.717, 1.165) is 12.0 Å². The molecule has 0 radical (unpaired) electrons. The predicted molar refractivity (Wildman–Crippen MR) is 51.9 cm³/mol. The third kappa shape index (κ3) is 1.66. The zero-order valence-corrected chi connectivity index (χ0v) is 8.14. The second-order valence-corrected chi connectivity index (χ2v) is 3.41. The van der Waals surface area contributed by atoms with E-state index in [9.17, 15) is 0 Å². The van der Waals surface area contributed by atoms with E-state index in [4.69, 9.17) is 14.6 Å². The summed E-state index contributed by atoms with van der Waals surface area (Å²) in [4.78, 5) is 0. The average Bonchev–Trinajstić information content (AvgIpc) is 2.27. The van der Waals surface area contributed by atoms with Gasteiger partial charge in [-0.25, -0.2) is 0 Å². The van der Waals surface area contributed by atoms with Crippen molar-refractivity contribution in [3.8, 4) is 0 Å². The third-order valence-electron chi connectivity index (χ3n) is 2.49. The Morgan fingerprint density at radius 1 is 1.50 bits per heavy atom. The van der Waals surface area contributed by atoms with Gasteiger partial charge in [0, 0.05) is 19.1 Å². The Labute approximate surface area is 83.3 Å². The number of hydrogen-bond donors (Lipinski definition) is 1. The zero-order valence-electron chi connectivity index (χ0n) is 8.14. The normalized spacial score (nSPS) is 25.9. The highest BCUT2D eigenvalue weighted by Gasteiger charge is 2.26. The minimum absolute atomic E-state index is 0.0359. The highest BCUT2D eigenvalue weighted by atomic mass is 16.7. The molecule has 2 atom stereocenters. The van der Waals surface area contributed by atoms with Crippen LogP contribution >= 0.6 is 0 Å². The van der Waals surface area contributed by atoms with Crippen molar-refractivity contribution in [2.75, 3.05) is 13.7 Å². The van der Waals surface area contributed by atoms with Gasteiger partial charge in [-0.2, -0.15) is 0 Å². The quantitative estimate of drug-likeness (QED) is 0.770. The summed E-state index contributed by atoms with van der Waals surface area (Å²) in [5.41, 5.74) is 2.27. The first-order chi connectivity index (χ1) is 6.85. The lowest BCUT2D eigenvalue weighted by Gasteiger charge is -2.30. The molecule has 3 nitrogen and oxygen atoms in total. The van der Waals surface area contributed by atoms with E-state index in [1.54, 1.807) is 7.11 Å². The first kappa shape index (κ1) is 9.65. The molecule has 1 aromatic carbocycles. The molecule has 76 valence electrons. The smallest absolute Gasteiger partial charge is 0.184 e. The molecule has 0 saturated carbocycles. The summed E-state index contributed by atoms with van der Waals surface area (Å²) in [6, 6.07) is 8.00. The second-order valence-electron chi connectivity index (χ2n) is 3.41. The van der Waals surface area contributed by atoms with Gasteiger partial charge in [0.1, 0.15) is 0 Å². The fraction of sp³-hybridized carbons (Fsp3) is 0.455. The van der Waals surface area contributed by atoms with E-state index in [-0.39, 0.29) is 19.0 Å². The van der Waals surface area contributed by atoms with E-state index in [1.165, 1.54) is 5.56 Å². The molecule has 0 aliphatic carbocycles. The van der Waals surface area contributed by atoms with Crippen molar-refractivity contribution in [3.05, 3.63) is 35.4 Å². The molecule has 2 rings (SSSR count). The molecular formula is C11H14O3. The first-order valence-electron chi connectivity index (χ1n) is 4.72. The maximum Gasteiger partial charge on any atom is 0.184 e. The van der Waals surface area contributed by atoms with Crippen molar-refractivity contribution >= 4 is 0 Å². The van der Waals surface area contributed by atoms with E-state index >= 15 is 0 Å². The van der Waals surface area contributed by atoms with Gasteiger partial charge in [-0.05, 0) is 5.56 Å². The summed E-state index contributed by atoms with van der Waals surface area (Å²) in [6.07, 6.45) is 0.277. The Kier molecular flexibility index (Phi) is 2.82. The van der Waals surface area contributed by atoms with Crippen molar-refractivity contribution in [1.29, 1.82) is 0 Å². The van der Waals surface area contributed by atoms with Crippen LogP contribution in [0.2, 0.25) is 0 Å². The number of fused-ring (bicyclic) bond motifs is 1. The van der Waals surface area contributed by atoms with Gasteiger partial charge in [0.05, 0.1) is 12.7 Å². The monoisotopic (exact) mass is 194 g/mol. The highest BCUT2D eigenvalue weighted by molar-refractivity contribution is 5.30. The topological polar surface area (TPSA) is 38.7 Å². The second kappa shape index (κ2) is 4.09. The number of aliphatic hydroxyl groups excluding tert-OH is 1. The van der Waals surface area contributed by atoms with Gasteiger partial charge in [-0.15, -0.1) is 0 Å². The lowest BCUT2D eigenvalue weighted by atomic mass is 9.98. The van der Waals surface area contributed by atoms with Gasteiger partial charge >= 0.3 is 0 Å². The number of aliphatic hydroxyl groups is 1. The maximum absolute atomic E-state index is 9.05. The SMILES string of the molecule is COC1OC(CO)Cc2ccccc21. The first-order valence-corrected chi connectivity index (χ1v) is 4.72. The lowest BCUT2D eigenvalue weighted by molar-refractivity contribution is -0.176.